The highest BCUT2D eigenvalue weighted by Crippen LogP contribution is 2.33. The summed E-state index contributed by atoms with van der Waals surface area (Å²) in [5.74, 6) is -0.0680. The number of hydrogen-bond acceptors (Lipinski definition) is 3. The molecule has 2 aliphatic rings. The van der Waals surface area contributed by atoms with Gasteiger partial charge in [0, 0.05) is 16.0 Å². The van der Waals surface area contributed by atoms with Gasteiger partial charge in [-0.1, -0.05) is 58.2 Å². The van der Waals surface area contributed by atoms with Crippen molar-refractivity contribution in [2.75, 3.05) is 13.1 Å². The first-order valence-corrected chi connectivity index (χ1v) is 12.1. The van der Waals surface area contributed by atoms with Gasteiger partial charge in [-0.2, -0.15) is 0 Å². The zero-order valence-electron chi connectivity index (χ0n) is 17.7. The monoisotopic (exact) mass is 516 g/mol. The second kappa shape index (κ2) is 10.5. The summed E-state index contributed by atoms with van der Waals surface area (Å²) in [7, 11) is 0. The lowest BCUT2D eigenvalue weighted by molar-refractivity contribution is -0.151. The summed E-state index contributed by atoms with van der Waals surface area (Å²) in [6.45, 7) is 0.549. The van der Waals surface area contributed by atoms with Gasteiger partial charge in [0.05, 0.1) is 6.04 Å². The third-order valence-corrected chi connectivity index (χ3v) is 6.67. The molecule has 2 fully saturated rings. The maximum atomic E-state index is 13.3. The maximum Gasteiger partial charge on any atom is 0.289 e. The minimum Gasteiger partial charge on any atom is -0.482 e. The number of carbonyl (C=O) groups excluding carboxylic acids is 2. The normalized spacial score (nSPS) is 21.8. The highest BCUT2D eigenvalue weighted by molar-refractivity contribution is 9.10. The van der Waals surface area contributed by atoms with E-state index < -0.39 is 0 Å². The molecule has 2 aromatic rings. The minimum absolute atomic E-state index is 0.0415. The number of rotatable bonds is 6. The summed E-state index contributed by atoms with van der Waals surface area (Å²) in [6.07, 6.45) is 6.27. The van der Waals surface area contributed by atoms with Gasteiger partial charge in [-0.25, -0.2) is 0 Å². The van der Waals surface area contributed by atoms with Crippen LogP contribution in [0.2, 0.25) is 5.02 Å². The van der Waals surface area contributed by atoms with Gasteiger partial charge in [-0.05, 0) is 67.2 Å². The van der Waals surface area contributed by atoms with E-state index in [0.717, 1.165) is 41.3 Å². The smallest absolute Gasteiger partial charge is 0.289 e. The number of benzene rings is 2. The zero-order chi connectivity index (χ0) is 22.5. The first-order chi connectivity index (χ1) is 15.5. The van der Waals surface area contributed by atoms with Crippen LogP contribution in [-0.4, -0.2) is 41.9 Å². The van der Waals surface area contributed by atoms with Gasteiger partial charge >= 0.3 is 0 Å². The molecule has 168 valence electrons. The van der Waals surface area contributed by atoms with Gasteiger partial charge < -0.3 is 15.0 Å². The van der Waals surface area contributed by atoms with E-state index in [2.05, 4.69) is 21.2 Å². The molecule has 1 heterocycles. The topological polar surface area (TPSA) is 58.6 Å². The fraction of sp³-hybridized carbons (Fsp3) is 0.360. The molecular formula is C25H26BrClN2O3. The number of hydrogen-bond donors (Lipinski definition) is 1. The maximum absolute atomic E-state index is 13.3. The Kier molecular flexibility index (Phi) is 7.53. The summed E-state index contributed by atoms with van der Waals surface area (Å²) in [4.78, 5) is 27.7. The molecule has 1 N–H and O–H groups in total. The zero-order valence-corrected chi connectivity index (χ0v) is 20.1. The summed E-state index contributed by atoms with van der Waals surface area (Å²) in [5, 5.41) is 3.64. The van der Waals surface area contributed by atoms with Gasteiger partial charge in [0.1, 0.15) is 12.6 Å². The highest BCUT2D eigenvalue weighted by Gasteiger charge is 2.42. The third kappa shape index (κ3) is 5.73. The molecule has 1 saturated carbocycles. The molecule has 5 nitrogen and oxygen atoms in total. The van der Waals surface area contributed by atoms with Crippen LogP contribution in [0.4, 0.5) is 0 Å². The first kappa shape index (κ1) is 22.9. The van der Waals surface area contributed by atoms with Crippen LogP contribution in [0.1, 0.15) is 36.8 Å². The first-order valence-electron chi connectivity index (χ1n) is 11.0. The van der Waals surface area contributed by atoms with Gasteiger partial charge in [-0.15, -0.1) is 0 Å². The molecule has 1 aliphatic carbocycles. The molecule has 32 heavy (non-hydrogen) atoms. The van der Waals surface area contributed by atoms with E-state index >= 15 is 0 Å². The minimum atomic E-state index is -0.221. The van der Waals surface area contributed by atoms with Crippen molar-refractivity contribution in [3.63, 3.8) is 0 Å². The van der Waals surface area contributed by atoms with Crippen molar-refractivity contribution in [1.82, 2.24) is 10.2 Å². The fourth-order valence-corrected chi connectivity index (χ4v) is 4.86. The Hall–Kier alpha value is -2.31. The van der Waals surface area contributed by atoms with E-state index in [1.807, 2.05) is 48.5 Å². The predicted molar refractivity (Wildman–Crippen MR) is 129 cm³/mol. The number of halogens is 2. The van der Waals surface area contributed by atoms with Crippen LogP contribution in [-0.2, 0) is 20.7 Å². The van der Waals surface area contributed by atoms with Gasteiger partial charge in [0.15, 0.2) is 5.76 Å². The van der Waals surface area contributed by atoms with E-state index in [1.54, 1.807) is 11.0 Å². The predicted octanol–water partition coefficient (Wildman–Crippen LogP) is 4.97. The van der Waals surface area contributed by atoms with Crippen molar-refractivity contribution in [1.29, 1.82) is 0 Å². The molecule has 2 atom stereocenters. The summed E-state index contributed by atoms with van der Waals surface area (Å²) >= 11 is 9.38. The molecule has 7 heteroatoms. The van der Waals surface area contributed by atoms with E-state index in [-0.39, 0.29) is 30.5 Å². The lowest BCUT2D eigenvalue weighted by Crippen LogP contribution is -2.57. The third-order valence-electron chi connectivity index (χ3n) is 5.93. The Balaban J connectivity index is 1.43. The molecule has 0 radical (unpaired) electrons. The standard InChI is InChI=1S/C25H26BrClN2O3/c26-19-5-3-4-18(14-19)15-23-25(31)29(21-6-1-2-7-22(21)32-23)16-24(30)28-13-12-17-8-10-20(27)11-9-17/h3-5,8-11,14-15,21-22H,1-2,6-7,12-13,16H2,(H,28,30)/b23-15+. The Bertz CT molecular complexity index is 1010. The Morgan fingerprint density at radius 1 is 1.19 bits per heavy atom. The van der Waals surface area contributed by atoms with Crippen molar-refractivity contribution in [2.24, 2.45) is 0 Å². The Labute approximate surface area is 201 Å². The summed E-state index contributed by atoms with van der Waals surface area (Å²) < 4.78 is 7.05. The number of nitrogens with zero attached hydrogens (tertiary/aromatic N) is 1. The average Bonchev–Trinajstić information content (AvgIpc) is 2.78. The van der Waals surface area contributed by atoms with Crippen LogP contribution in [0, 0.1) is 0 Å². The molecule has 0 bridgehead atoms. The van der Waals surface area contributed by atoms with E-state index in [1.165, 1.54) is 0 Å². The molecule has 0 aromatic heterocycles. The Morgan fingerprint density at radius 2 is 1.97 bits per heavy atom. The molecule has 2 unspecified atom stereocenters. The summed E-state index contributed by atoms with van der Waals surface area (Å²) in [5.41, 5.74) is 1.98. The Morgan fingerprint density at radius 3 is 2.75 bits per heavy atom. The number of morpholine rings is 1. The highest BCUT2D eigenvalue weighted by atomic mass is 79.9. The lowest BCUT2D eigenvalue weighted by Gasteiger charge is -2.44. The second-order valence-electron chi connectivity index (χ2n) is 8.23. The second-order valence-corrected chi connectivity index (χ2v) is 9.58. The summed E-state index contributed by atoms with van der Waals surface area (Å²) in [6, 6.07) is 15.2. The van der Waals surface area contributed by atoms with Crippen LogP contribution in [0.15, 0.2) is 58.8 Å². The van der Waals surface area contributed by atoms with Crippen LogP contribution < -0.4 is 5.32 Å². The average molecular weight is 518 g/mol. The number of carbonyl (C=O) groups is 2. The van der Waals surface area contributed by atoms with Crippen molar-refractivity contribution in [3.8, 4) is 0 Å². The van der Waals surface area contributed by atoms with Crippen molar-refractivity contribution >= 4 is 45.4 Å². The fourth-order valence-electron chi connectivity index (χ4n) is 4.32. The van der Waals surface area contributed by atoms with Gasteiger partial charge in [0.25, 0.3) is 5.91 Å². The number of nitrogens with one attached hydrogen (secondary N) is 1. The molecule has 0 spiro atoms. The van der Waals surface area contributed by atoms with Gasteiger partial charge in [0.2, 0.25) is 5.91 Å². The van der Waals surface area contributed by atoms with E-state index in [4.69, 9.17) is 16.3 Å². The van der Waals surface area contributed by atoms with Gasteiger partial charge in [-0.3, -0.25) is 9.59 Å². The van der Waals surface area contributed by atoms with Crippen molar-refractivity contribution in [3.05, 3.63) is 74.9 Å². The molecular weight excluding hydrogens is 492 g/mol. The molecule has 4 rings (SSSR count). The number of ether oxygens (including phenoxy) is 1. The number of amides is 2. The van der Waals surface area contributed by atoms with Crippen molar-refractivity contribution < 1.29 is 14.3 Å². The van der Waals surface area contributed by atoms with Crippen LogP contribution in [0.5, 0.6) is 0 Å². The largest absolute Gasteiger partial charge is 0.482 e. The quantitative estimate of drug-likeness (QED) is 0.550. The van der Waals surface area contributed by atoms with E-state index in [9.17, 15) is 9.59 Å². The molecule has 1 saturated heterocycles. The molecule has 1 aliphatic heterocycles. The SMILES string of the molecule is O=C(CN1C(=O)/C(=C\c2cccc(Br)c2)OC2CCCCC21)NCCc1ccc(Cl)cc1. The van der Waals surface area contributed by atoms with Crippen LogP contribution >= 0.6 is 27.5 Å². The molecule has 2 aromatic carbocycles. The molecule has 2 amide bonds. The van der Waals surface area contributed by atoms with Crippen LogP contribution in [0.3, 0.4) is 0 Å². The van der Waals surface area contributed by atoms with Crippen molar-refractivity contribution in [2.45, 2.75) is 44.2 Å². The lowest BCUT2D eigenvalue weighted by atomic mass is 9.89. The van der Waals surface area contributed by atoms with E-state index in [0.29, 0.717) is 23.7 Å². The van der Waals surface area contributed by atoms with Crippen LogP contribution in [0.25, 0.3) is 6.08 Å². The number of fused-ring (bicyclic) bond motifs is 1.